The molecule has 22 heavy (non-hydrogen) atoms. The van der Waals surface area contributed by atoms with Crippen LogP contribution in [0.1, 0.15) is 19.4 Å². The molecule has 1 amide bonds. The van der Waals surface area contributed by atoms with Crippen LogP contribution in [0, 0.1) is 0 Å². The van der Waals surface area contributed by atoms with Crippen LogP contribution in [-0.4, -0.2) is 38.5 Å². The number of hydrogen-bond acceptors (Lipinski definition) is 5. The summed E-state index contributed by atoms with van der Waals surface area (Å²) in [4.78, 5) is 12.2. The van der Waals surface area contributed by atoms with Crippen molar-refractivity contribution in [2.24, 2.45) is 0 Å². The first kappa shape index (κ1) is 18.7. The Morgan fingerprint density at radius 3 is 2.68 bits per heavy atom. The Balaban J connectivity index is 0.00000242. The molecule has 0 aliphatic carbocycles. The van der Waals surface area contributed by atoms with Gasteiger partial charge in [-0.2, -0.15) is 0 Å². The molecule has 1 aliphatic rings. The van der Waals surface area contributed by atoms with E-state index in [0.717, 1.165) is 24.1 Å². The minimum absolute atomic E-state index is 0. The highest BCUT2D eigenvalue weighted by Gasteiger charge is 2.38. The molecule has 0 atom stereocenters. The predicted octanol–water partition coefficient (Wildman–Crippen LogP) is 1.35. The SMILES string of the molecule is CC(C)(C(=O)Nc1ccc2c(c1)CNCCO2)S(C)(=O)=O.Cl. The van der Waals surface area contributed by atoms with Gasteiger partial charge in [0.2, 0.25) is 5.91 Å². The van der Waals surface area contributed by atoms with Crippen LogP contribution in [0.25, 0.3) is 0 Å². The topological polar surface area (TPSA) is 84.5 Å². The summed E-state index contributed by atoms with van der Waals surface area (Å²) in [7, 11) is -3.49. The molecule has 0 fully saturated rings. The minimum Gasteiger partial charge on any atom is -0.492 e. The molecular formula is C14H21ClN2O4S. The van der Waals surface area contributed by atoms with Crippen LogP contribution in [-0.2, 0) is 21.2 Å². The standard InChI is InChI=1S/C14H20N2O4S.ClH/c1-14(2,21(3,18)19)13(17)16-11-4-5-12-10(8-11)9-15-6-7-20-12;/h4-5,8,15H,6-7,9H2,1-3H3,(H,16,17);1H. The van der Waals surface area contributed by atoms with Crippen molar-refractivity contribution in [3.63, 3.8) is 0 Å². The van der Waals surface area contributed by atoms with Gasteiger partial charge in [-0.05, 0) is 32.0 Å². The molecule has 0 aromatic heterocycles. The van der Waals surface area contributed by atoms with Crippen molar-refractivity contribution in [3.05, 3.63) is 23.8 Å². The number of anilines is 1. The molecule has 6 nitrogen and oxygen atoms in total. The zero-order valence-electron chi connectivity index (χ0n) is 12.8. The third kappa shape index (κ3) is 3.91. The van der Waals surface area contributed by atoms with Crippen molar-refractivity contribution in [2.75, 3.05) is 24.7 Å². The predicted molar refractivity (Wildman–Crippen MR) is 88.4 cm³/mol. The minimum atomic E-state index is -3.49. The maximum absolute atomic E-state index is 12.2. The Morgan fingerprint density at radius 1 is 1.36 bits per heavy atom. The number of carbonyl (C=O) groups is 1. The summed E-state index contributed by atoms with van der Waals surface area (Å²) in [6.07, 6.45) is 1.06. The van der Waals surface area contributed by atoms with Crippen LogP contribution in [0.2, 0.25) is 0 Å². The number of ether oxygens (including phenoxy) is 1. The highest BCUT2D eigenvalue weighted by molar-refractivity contribution is 7.92. The molecule has 0 radical (unpaired) electrons. The lowest BCUT2D eigenvalue weighted by atomic mass is 10.1. The summed E-state index contributed by atoms with van der Waals surface area (Å²) in [5.74, 6) is 0.229. The summed E-state index contributed by atoms with van der Waals surface area (Å²) < 4.78 is 27.4. The van der Waals surface area contributed by atoms with Gasteiger partial charge < -0.3 is 15.4 Å². The van der Waals surface area contributed by atoms with Crippen LogP contribution in [0.5, 0.6) is 5.75 Å². The van der Waals surface area contributed by atoms with Gasteiger partial charge in [0.05, 0.1) is 0 Å². The van der Waals surface area contributed by atoms with E-state index >= 15 is 0 Å². The molecule has 124 valence electrons. The van der Waals surface area contributed by atoms with E-state index in [1.54, 1.807) is 18.2 Å². The maximum Gasteiger partial charge on any atom is 0.245 e. The first-order valence-electron chi connectivity index (χ1n) is 6.69. The molecule has 0 saturated heterocycles. The van der Waals surface area contributed by atoms with Gasteiger partial charge in [-0.3, -0.25) is 4.79 Å². The number of rotatable bonds is 3. The summed E-state index contributed by atoms with van der Waals surface area (Å²) in [5, 5.41) is 5.86. The smallest absolute Gasteiger partial charge is 0.245 e. The molecule has 1 aromatic carbocycles. The second-order valence-corrected chi connectivity index (χ2v) is 8.15. The molecule has 2 N–H and O–H groups in total. The second-order valence-electron chi connectivity index (χ2n) is 5.58. The number of carbonyl (C=O) groups excluding carboxylic acids is 1. The summed E-state index contributed by atoms with van der Waals surface area (Å²) in [6, 6.07) is 5.29. The van der Waals surface area contributed by atoms with Gasteiger partial charge in [0.1, 0.15) is 17.1 Å². The van der Waals surface area contributed by atoms with Crippen LogP contribution >= 0.6 is 12.4 Å². The lowest BCUT2D eigenvalue weighted by molar-refractivity contribution is -0.117. The summed E-state index contributed by atoms with van der Waals surface area (Å²) in [5.41, 5.74) is 1.49. The van der Waals surface area contributed by atoms with Gasteiger partial charge in [-0.15, -0.1) is 12.4 Å². The van der Waals surface area contributed by atoms with Crippen molar-refractivity contribution < 1.29 is 17.9 Å². The van der Waals surface area contributed by atoms with Gasteiger partial charge in [-0.1, -0.05) is 0 Å². The number of benzene rings is 1. The van der Waals surface area contributed by atoms with E-state index in [-0.39, 0.29) is 12.4 Å². The zero-order valence-corrected chi connectivity index (χ0v) is 14.4. The average Bonchev–Trinajstić information content (AvgIpc) is 2.61. The molecule has 0 unspecified atom stereocenters. The first-order chi connectivity index (χ1) is 9.72. The molecule has 1 aliphatic heterocycles. The number of fused-ring (bicyclic) bond motifs is 1. The molecular weight excluding hydrogens is 328 g/mol. The number of nitrogens with one attached hydrogen (secondary N) is 2. The molecule has 1 aromatic rings. The molecule has 8 heteroatoms. The third-order valence-corrected chi connectivity index (χ3v) is 5.68. The van der Waals surface area contributed by atoms with Crippen molar-refractivity contribution in [1.82, 2.24) is 5.32 Å². The maximum atomic E-state index is 12.2. The fraction of sp³-hybridized carbons (Fsp3) is 0.500. The van der Waals surface area contributed by atoms with E-state index < -0.39 is 20.5 Å². The average molecular weight is 349 g/mol. The van der Waals surface area contributed by atoms with E-state index in [4.69, 9.17) is 4.74 Å². The van der Waals surface area contributed by atoms with E-state index in [0.29, 0.717) is 18.8 Å². The second kappa shape index (κ2) is 6.85. The first-order valence-corrected chi connectivity index (χ1v) is 8.58. The summed E-state index contributed by atoms with van der Waals surface area (Å²) >= 11 is 0. The van der Waals surface area contributed by atoms with E-state index in [2.05, 4.69) is 10.6 Å². The molecule has 0 spiro atoms. The fourth-order valence-corrected chi connectivity index (χ4v) is 2.23. The molecule has 0 saturated carbocycles. The normalized spacial score (nSPS) is 14.9. The highest BCUT2D eigenvalue weighted by atomic mass is 35.5. The highest BCUT2D eigenvalue weighted by Crippen LogP contribution is 2.25. The third-order valence-electron chi connectivity index (χ3n) is 3.64. The number of hydrogen-bond donors (Lipinski definition) is 2. The lowest BCUT2D eigenvalue weighted by Gasteiger charge is -2.21. The van der Waals surface area contributed by atoms with Gasteiger partial charge in [0.15, 0.2) is 9.84 Å². The van der Waals surface area contributed by atoms with Crippen molar-refractivity contribution in [2.45, 2.75) is 25.1 Å². The quantitative estimate of drug-likeness (QED) is 0.861. The summed E-state index contributed by atoms with van der Waals surface area (Å²) in [6.45, 7) is 4.80. The van der Waals surface area contributed by atoms with Crippen LogP contribution < -0.4 is 15.4 Å². The monoisotopic (exact) mass is 348 g/mol. The van der Waals surface area contributed by atoms with Crippen LogP contribution in [0.15, 0.2) is 18.2 Å². The van der Waals surface area contributed by atoms with Crippen molar-refractivity contribution in [3.8, 4) is 5.75 Å². The Hall–Kier alpha value is -1.31. The van der Waals surface area contributed by atoms with E-state index in [1.807, 2.05) is 0 Å². The number of halogens is 1. The molecule has 0 bridgehead atoms. The van der Waals surface area contributed by atoms with Crippen LogP contribution in [0.4, 0.5) is 5.69 Å². The number of sulfone groups is 1. The van der Waals surface area contributed by atoms with Gasteiger partial charge in [-0.25, -0.2) is 8.42 Å². The zero-order chi connectivity index (χ0) is 15.7. The van der Waals surface area contributed by atoms with Crippen LogP contribution in [0.3, 0.4) is 0 Å². The Kier molecular flexibility index (Phi) is 5.83. The Morgan fingerprint density at radius 2 is 2.05 bits per heavy atom. The largest absolute Gasteiger partial charge is 0.492 e. The van der Waals surface area contributed by atoms with Crippen molar-refractivity contribution in [1.29, 1.82) is 0 Å². The Labute approximate surface area is 136 Å². The van der Waals surface area contributed by atoms with E-state index in [9.17, 15) is 13.2 Å². The van der Waals surface area contributed by atoms with Gasteiger partial charge in [0, 0.05) is 30.6 Å². The number of amides is 1. The molecule has 2 rings (SSSR count). The lowest BCUT2D eigenvalue weighted by Crippen LogP contribution is -2.43. The molecule has 1 heterocycles. The van der Waals surface area contributed by atoms with Gasteiger partial charge >= 0.3 is 0 Å². The fourth-order valence-electron chi connectivity index (χ4n) is 1.84. The van der Waals surface area contributed by atoms with Gasteiger partial charge in [0.25, 0.3) is 0 Å². The van der Waals surface area contributed by atoms with Crippen molar-refractivity contribution >= 4 is 33.8 Å². The van der Waals surface area contributed by atoms with E-state index in [1.165, 1.54) is 13.8 Å². The Bertz CT molecular complexity index is 659.